The quantitative estimate of drug-likeness (QED) is 0.861. The van der Waals surface area contributed by atoms with Gasteiger partial charge in [-0.25, -0.2) is 4.79 Å². The highest BCUT2D eigenvalue weighted by Crippen LogP contribution is 2.23. The topological polar surface area (TPSA) is 107 Å². The van der Waals surface area contributed by atoms with Crippen molar-refractivity contribution in [1.82, 2.24) is 10.3 Å². The summed E-state index contributed by atoms with van der Waals surface area (Å²) in [6.45, 7) is 8.69. The van der Waals surface area contributed by atoms with Gasteiger partial charge in [-0.2, -0.15) is 0 Å². The van der Waals surface area contributed by atoms with E-state index in [0.29, 0.717) is 17.1 Å². The number of carbonyl (C=O) groups is 2. The van der Waals surface area contributed by atoms with Crippen molar-refractivity contribution in [3.05, 3.63) is 28.8 Å². The Morgan fingerprint density at radius 1 is 1.22 bits per heavy atom. The fourth-order valence-corrected chi connectivity index (χ4v) is 1.84. The summed E-state index contributed by atoms with van der Waals surface area (Å²) in [5.41, 5.74) is 1.16. The number of aromatic nitrogens is 2. The van der Waals surface area contributed by atoms with E-state index in [1.165, 1.54) is 0 Å². The third kappa shape index (κ3) is 3.97. The molecule has 0 aliphatic rings. The van der Waals surface area contributed by atoms with Crippen LogP contribution in [0.25, 0.3) is 0 Å². The summed E-state index contributed by atoms with van der Waals surface area (Å²) >= 11 is 0. The first-order valence-electron chi connectivity index (χ1n) is 7.05. The maximum absolute atomic E-state index is 11.9. The van der Waals surface area contributed by atoms with Gasteiger partial charge in [0.1, 0.15) is 11.3 Å². The van der Waals surface area contributed by atoms with E-state index in [-0.39, 0.29) is 16.9 Å². The Kier molecular flexibility index (Phi) is 4.53. The van der Waals surface area contributed by atoms with E-state index in [9.17, 15) is 9.59 Å². The van der Waals surface area contributed by atoms with E-state index in [2.05, 4.69) is 15.6 Å². The summed E-state index contributed by atoms with van der Waals surface area (Å²) in [6, 6.07) is 1.63. The smallest absolute Gasteiger partial charge is 0.344 e. The monoisotopic (exact) mass is 321 g/mol. The van der Waals surface area contributed by atoms with Crippen molar-refractivity contribution < 1.29 is 23.4 Å². The van der Waals surface area contributed by atoms with Gasteiger partial charge in [0.2, 0.25) is 5.88 Å². The standard InChI is InChI=1S/C15H19N3O5/c1-8-13(9(2)22-17-8)14(20)21-7-11(19)16-12-6-10(18-23-12)15(3,4)5/h6H,7H2,1-5H3,(H,16,19). The van der Waals surface area contributed by atoms with Crippen LogP contribution >= 0.6 is 0 Å². The molecule has 0 radical (unpaired) electrons. The highest BCUT2D eigenvalue weighted by molar-refractivity contribution is 5.95. The Hall–Kier alpha value is -2.64. The lowest BCUT2D eigenvalue weighted by Gasteiger charge is -2.12. The molecule has 0 saturated carbocycles. The molecule has 124 valence electrons. The molecule has 0 fully saturated rings. The predicted octanol–water partition coefficient (Wildman–Crippen LogP) is 2.37. The molecule has 1 N–H and O–H groups in total. The van der Waals surface area contributed by atoms with E-state index < -0.39 is 18.5 Å². The van der Waals surface area contributed by atoms with Gasteiger partial charge in [0, 0.05) is 11.5 Å². The molecule has 0 aliphatic heterocycles. The van der Waals surface area contributed by atoms with Gasteiger partial charge in [-0.3, -0.25) is 10.1 Å². The zero-order chi connectivity index (χ0) is 17.2. The Morgan fingerprint density at radius 2 is 1.91 bits per heavy atom. The number of nitrogens with one attached hydrogen (secondary N) is 1. The van der Waals surface area contributed by atoms with Crippen molar-refractivity contribution in [2.75, 3.05) is 11.9 Å². The van der Waals surface area contributed by atoms with Crippen LogP contribution in [0.1, 0.15) is 48.3 Å². The molecule has 0 aliphatic carbocycles. The molecule has 1 amide bonds. The van der Waals surface area contributed by atoms with E-state index in [1.54, 1.807) is 19.9 Å². The highest BCUT2D eigenvalue weighted by Gasteiger charge is 2.22. The summed E-state index contributed by atoms with van der Waals surface area (Å²) in [7, 11) is 0. The third-order valence-corrected chi connectivity index (χ3v) is 3.11. The van der Waals surface area contributed by atoms with Crippen LogP contribution in [0, 0.1) is 13.8 Å². The molecular weight excluding hydrogens is 302 g/mol. The van der Waals surface area contributed by atoms with E-state index in [0.717, 1.165) is 0 Å². The minimum Gasteiger partial charge on any atom is -0.452 e. The first kappa shape index (κ1) is 16.7. The van der Waals surface area contributed by atoms with Crippen molar-refractivity contribution in [3.63, 3.8) is 0 Å². The minimum absolute atomic E-state index is 0.192. The van der Waals surface area contributed by atoms with E-state index >= 15 is 0 Å². The summed E-state index contributed by atoms with van der Waals surface area (Å²) < 4.78 is 14.9. The predicted molar refractivity (Wildman–Crippen MR) is 80.1 cm³/mol. The van der Waals surface area contributed by atoms with Gasteiger partial charge < -0.3 is 13.8 Å². The first-order valence-corrected chi connectivity index (χ1v) is 7.05. The fourth-order valence-electron chi connectivity index (χ4n) is 1.84. The number of nitrogens with zero attached hydrogens (tertiary/aromatic N) is 2. The second-order valence-electron chi connectivity index (χ2n) is 6.15. The van der Waals surface area contributed by atoms with Gasteiger partial charge in [-0.1, -0.05) is 31.1 Å². The van der Waals surface area contributed by atoms with Crippen molar-refractivity contribution in [3.8, 4) is 0 Å². The SMILES string of the molecule is Cc1noc(C)c1C(=O)OCC(=O)Nc1cc(C(C)(C)C)no1. The molecular formula is C15H19N3O5. The fraction of sp³-hybridized carbons (Fsp3) is 0.467. The minimum atomic E-state index is -0.663. The molecule has 2 rings (SSSR count). The van der Waals surface area contributed by atoms with Crippen LogP contribution in [0.4, 0.5) is 5.88 Å². The van der Waals surface area contributed by atoms with E-state index in [4.69, 9.17) is 13.8 Å². The van der Waals surface area contributed by atoms with Gasteiger partial charge in [0.25, 0.3) is 5.91 Å². The lowest BCUT2D eigenvalue weighted by atomic mass is 9.92. The second kappa shape index (κ2) is 6.23. The zero-order valence-electron chi connectivity index (χ0n) is 13.7. The normalized spacial score (nSPS) is 11.3. The maximum atomic E-state index is 11.9. The Labute approximate surface area is 133 Å². The number of anilines is 1. The summed E-state index contributed by atoms with van der Waals surface area (Å²) in [4.78, 5) is 23.7. The Balaban J connectivity index is 1.91. The number of ether oxygens (including phenoxy) is 1. The van der Waals surface area contributed by atoms with Crippen LogP contribution in [-0.2, 0) is 14.9 Å². The second-order valence-corrected chi connectivity index (χ2v) is 6.15. The summed E-state index contributed by atoms with van der Waals surface area (Å²) in [5.74, 6) is -0.641. The highest BCUT2D eigenvalue weighted by atomic mass is 16.5. The molecule has 2 aromatic rings. The molecule has 0 saturated heterocycles. The number of esters is 1. The number of carbonyl (C=O) groups excluding carboxylic acids is 2. The van der Waals surface area contributed by atoms with Crippen molar-refractivity contribution in [1.29, 1.82) is 0 Å². The van der Waals surface area contributed by atoms with Gasteiger partial charge >= 0.3 is 5.97 Å². The average molecular weight is 321 g/mol. The van der Waals surface area contributed by atoms with Crippen LogP contribution in [0.2, 0.25) is 0 Å². The van der Waals surface area contributed by atoms with Crippen molar-refractivity contribution in [2.24, 2.45) is 0 Å². The number of amides is 1. The van der Waals surface area contributed by atoms with Gasteiger partial charge in [-0.15, -0.1) is 0 Å². The number of hydrogen-bond donors (Lipinski definition) is 1. The van der Waals surface area contributed by atoms with Gasteiger partial charge in [0.15, 0.2) is 6.61 Å². The van der Waals surface area contributed by atoms with Crippen LogP contribution in [-0.4, -0.2) is 28.8 Å². The average Bonchev–Trinajstić information content (AvgIpc) is 3.03. The van der Waals surface area contributed by atoms with E-state index in [1.807, 2.05) is 20.8 Å². The third-order valence-electron chi connectivity index (χ3n) is 3.11. The Morgan fingerprint density at radius 3 is 2.43 bits per heavy atom. The summed E-state index contributed by atoms with van der Waals surface area (Å²) in [6.07, 6.45) is 0. The van der Waals surface area contributed by atoms with Gasteiger partial charge in [0.05, 0.1) is 11.4 Å². The van der Waals surface area contributed by atoms with Gasteiger partial charge in [-0.05, 0) is 13.8 Å². The first-order chi connectivity index (χ1) is 10.7. The lowest BCUT2D eigenvalue weighted by Crippen LogP contribution is -2.21. The van der Waals surface area contributed by atoms with Crippen LogP contribution in [0.15, 0.2) is 15.1 Å². The molecule has 0 atom stereocenters. The Bertz CT molecular complexity index is 704. The van der Waals surface area contributed by atoms with Crippen LogP contribution in [0.3, 0.4) is 0 Å². The molecule has 0 spiro atoms. The number of rotatable bonds is 4. The molecule has 0 unspecified atom stereocenters. The number of hydrogen-bond acceptors (Lipinski definition) is 7. The maximum Gasteiger partial charge on any atom is 0.344 e. The molecule has 8 nitrogen and oxygen atoms in total. The summed E-state index contributed by atoms with van der Waals surface area (Å²) in [5, 5.41) is 10.0. The largest absolute Gasteiger partial charge is 0.452 e. The molecule has 2 heterocycles. The van der Waals surface area contributed by atoms with Crippen LogP contribution in [0.5, 0.6) is 0 Å². The number of aryl methyl sites for hydroxylation is 2. The van der Waals surface area contributed by atoms with Crippen molar-refractivity contribution >= 4 is 17.8 Å². The molecule has 8 heteroatoms. The molecule has 2 aromatic heterocycles. The zero-order valence-corrected chi connectivity index (χ0v) is 13.7. The molecule has 0 aromatic carbocycles. The molecule has 23 heavy (non-hydrogen) atoms. The van der Waals surface area contributed by atoms with Crippen LogP contribution < -0.4 is 5.32 Å². The van der Waals surface area contributed by atoms with Crippen molar-refractivity contribution in [2.45, 2.75) is 40.0 Å². The molecule has 0 bridgehead atoms. The lowest BCUT2D eigenvalue weighted by molar-refractivity contribution is -0.119.